The fraction of sp³-hybridized carbons (Fsp3) is 0.600. The van der Waals surface area contributed by atoms with Crippen LogP contribution < -0.4 is 4.74 Å². The number of ether oxygens (including phenoxy) is 2. The average Bonchev–Trinajstić information content (AvgIpc) is 3.05. The molecule has 2 aromatic rings. The molecule has 0 unspecified atom stereocenters. The smallest absolute Gasteiger partial charge is 0.199 e. The number of rotatable bonds is 5. The van der Waals surface area contributed by atoms with Gasteiger partial charge < -0.3 is 9.47 Å². The summed E-state index contributed by atoms with van der Waals surface area (Å²) in [6.07, 6.45) is 6.22. The molecule has 146 valence electrons. The molecule has 0 bridgehead atoms. The Labute approximate surface area is 165 Å². The van der Waals surface area contributed by atoms with E-state index < -0.39 is 0 Å². The SMILES string of the molecule is COc1ccc(-c2nn(CN3CCOCC3)c(=S)n2C2CCCCC2)cc1. The van der Waals surface area contributed by atoms with Crippen molar-refractivity contribution >= 4 is 12.2 Å². The van der Waals surface area contributed by atoms with Crippen LogP contribution in [0.1, 0.15) is 38.1 Å². The quantitative estimate of drug-likeness (QED) is 0.727. The zero-order valence-electron chi connectivity index (χ0n) is 16.0. The first-order chi connectivity index (χ1) is 13.3. The fourth-order valence-electron chi connectivity index (χ4n) is 4.05. The van der Waals surface area contributed by atoms with Gasteiger partial charge in [-0.05, 0) is 49.3 Å². The van der Waals surface area contributed by atoms with E-state index in [1.165, 1.54) is 32.1 Å². The van der Waals surface area contributed by atoms with Gasteiger partial charge in [-0.15, -0.1) is 0 Å². The fourth-order valence-corrected chi connectivity index (χ4v) is 4.38. The molecule has 1 saturated carbocycles. The average molecular weight is 389 g/mol. The van der Waals surface area contributed by atoms with Crippen molar-refractivity contribution in [2.24, 2.45) is 0 Å². The van der Waals surface area contributed by atoms with Crippen LogP contribution in [0.25, 0.3) is 11.4 Å². The second kappa shape index (κ2) is 8.54. The number of nitrogens with zero attached hydrogens (tertiary/aromatic N) is 4. The number of morpholine rings is 1. The van der Waals surface area contributed by atoms with Gasteiger partial charge in [0.1, 0.15) is 5.75 Å². The molecule has 7 heteroatoms. The molecule has 1 aromatic carbocycles. The molecule has 0 N–H and O–H groups in total. The Balaban J connectivity index is 1.70. The highest BCUT2D eigenvalue weighted by molar-refractivity contribution is 7.71. The standard InChI is InChI=1S/C20H28N4O2S/c1-25-18-9-7-16(8-10-18)19-21-23(15-22-11-13-26-14-12-22)20(27)24(19)17-5-3-2-4-6-17/h7-10,17H,2-6,11-15H2,1H3. The van der Waals surface area contributed by atoms with Gasteiger partial charge in [0, 0.05) is 24.7 Å². The Morgan fingerprint density at radius 3 is 2.48 bits per heavy atom. The highest BCUT2D eigenvalue weighted by Crippen LogP contribution is 2.33. The van der Waals surface area contributed by atoms with E-state index in [4.69, 9.17) is 26.8 Å². The van der Waals surface area contributed by atoms with Gasteiger partial charge >= 0.3 is 0 Å². The minimum absolute atomic E-state index is 0.446. The summed E-state index contributed by atoms with van der Waals surface area (Å²) in [5.74, 6) is 1.83. The summed E-state index contributed by atoms with van der Waals surface area (Å²) >= 11 is 5.89. The molecule has 6 nitrogen and oxygen atoms in total. The van der Waals surface area contributed by atoms with Crippen LogP contribution >= 0.6 is 12.2 Å². The number of hydrogen-bond acceptors (Lipinski definition) is 5. The van der Waals surface area contributed by atoms with E-state index >= 15 is 0 Å². The Bertz CT molecular complexity index is 802. The van der Waals surface area contributed by atoms with Crippen molar-refractivity contribution in [2.45, 2.75) is 44.8 Å². The van der Waals surface area contributed by atoms with Crippen LogP contribution in [0.5, 0.6) is 5.75 Å². The maximum atomic E-state index is 5.89. The summed E-state index contributed by atoms with van der Waals surface area (Å²) in [6.45, 7) is 4.14. The van der Waals surface area contributed by atoms with Crippen molar-refractivity contribution < 1.29 is 9.47 Å². The van der Waals surface area contributed by atoms with Gasteiger partial charge in [-0.2, -0.15) is 5.10 Å². The molecule has 2 heterocycles. The van der Waals surface area contributed by atoms with Crippen molar-refractivity contribution in [1.29, 1.82) is 0 Å². The second-order valence-electron chi connectivity index (χ2n) is 7.37. The molecule has 0 spiro atoms. The normalized spacial score (nSPS) is 19.3. The van der Waals surface area contributed by atoms with Gasteiger partial charge in [0.2, 0.25) is 0 Å². The second-order valence-corrected chi connectivity index (χ2v) is 7.73. The lowest BCUT2D eigenvalue weighted by molar-refractivity contribution is 0.0209. The molecule has 0 amide bonds. The zero-order chi connectivity index (χ0) is 18.6. The van der Waals surface area contributed by atoms with Crippen LogP contribution in [0, 0.1) is 4.77 Å². The van der Waals surface area contributed by atoms with Gasteiger partial charge in [0.15, 0.2) is 10.6 Å². The third kappa shape index (κ3) is 4.10. The van der Waals surface area contributed by atoms with Crippen molar-refractivity contribution in [3.8, 4) is 17.1 Å². The Kier molecular flexibility index (Phi) is 5.90. The van der Waals surface area contributed by atoms with Crippen molar-refractivity contribution in [3.05, 3.63) is 29.0 Å². The van der Waals surface area contributed by atoms with E-state index in [1.807, 2.05) is 16.8 Å². The van der Waals surface area contributed by atoms with E-state index in [2.05, 4.69) is 21.6 Å². The van der Waals surface area contributed by atoms with E-state index in [0.29, 0.717) is 6.04 Å². The van der Waals surface area contributed by atoms with E-state index in [1.54, 1.807) is 7.11 Å². The van der Waals surface area contributed by atoms with Crippen LogP contribution in [0.2, 0.25) is 0 Å². The van der Waals surface area contributed by atoms with Gasteiger partial charge in [-0.25, -0.2) is 4.68 Å². The molecule has 1 aliphatic heterocycles. The van der Waals surface area contributed by atoms with Crippen LogP contribution in [-0.2, 0) is 11.4 Å². The summed E-state index contributed by atoms with van der Waals surface area (Å²) < 4.78 is 15.9. The lowest BCUT2D eigenvalue weighted by Crippen LogP contribution is -2.37. The van der Waals surface area contributed by atoms with E-state index in [9.17, 15) is 0 Å². The Hall–Kier alpha value is -1.70. The molecule has 0 radical (unpaired) electrons. The Morgan fingerprint density at radius 2 is 1.81 bits per heavy atom. The zero-order valence-corrected chi connectivity index (χ0v) is 16.8. The molecular formula is C20H28N4O2S. The van der Waals surface area contributed by atoms with Gasteiger partial charge in [-0.1, -0.05) is 19.3 Å². The lowest BCUT2D eigenvalue weighted by atomic mass is 9.95. The maximum absolute atomic E-state index is 5.89. The third-order valence-corrected chi connectivity index (χ3v) is 6.00. The number of benzene rings is 1. The van der Waals surface area contributed by atoms with Crippen molar-refractivity contribution in [3.63, 3.8) is 0 Å². The summed E-state index contributed by atoms with van der Waals surface area (Å²) in [5, 5.41) is 4.96. The van der Waals surface area contributed by atoms with Gasteiger partial charge in [0.25, 0.3) is 0 Å². The topological polar surface area (TPSA) is 44.4 Å². The predicted octanol–water partition coefficient (Wildman–Crippen LogP) is 3.88. The summed E-state index contributed by atoms with van der Waals surface area (Å²) in [7, 11) is 1.69. The molecule has 4 rings (SSSR count). The van der Waals surface area contributed by atoms with E-state index in [-0.39, 0.29) is 0 Å². The monoisotopic (exact) mass is 388 g/mol. The molecule has 2 aliphatic rings. The molecule has 1 aromatic heterocycles. The summed E-state index contributed by atoms with van der Waals surface area (Å²) in [4.78, 5) is 2.36. The van der Waals surface area contributed by atoms with Crippen LogP contribution in [0.15, 0.2) is 24.3 Å². The van der Waals surface area contributed by atoms with Crippen molar-refractivity contribution in [2.75, 3.05) is 33.4 Å². The minimum Gasteiger partial charge on any atom is -0.497 e. The molecular weight excluding hydrogens is 360 g/mol. The van der Waals surface area contributed by atoms with Crippen LogP contribution in [0.3, 0.4) is 0 Å². The van der Waals surface area contributed by atoms with Gasteiger partial charge in [-0.3, -0.25) is 9.47 Å². The molecule has 1 aliphatic carbocycles. The molecule has 27 heavy (non-hydrogen) atoms. The minimum atomic E-state index is 0.446. The number of hydrogen-bond donors (Lipinski definition) is 0. The molecule has 0 atom stereocenters. The number of aromatic nitrogens is 3. The van der Waals surface area contributed by atoms with Gasteiger partial charge in [0.05, 0.1) is 27.0 Å². The lowest BCUT2D eigenvalue weighted by Gasteiger charge is -2.26. The Morgan fingerprint density at radius 1 is 1.11 bits per heavy atom. The van der Waals surface area contributed by atoms with E-state index in [0.717, 1.165) is 54.9 Å². The molecule has 1 saturated heterocycles. The maximum Gasteiger partial charge on any atom is 0.199 e. The first-order valence-corrected chi connectivity index (χ1v) is 10.3. The largest absolute Gasteiger partial charge is 0.497 e. The first-order valence-electron chi connectivity index (χ1n) is 9.90. The predicted molar refractivity (Wildman–Crippen MR) is 108 cm³/mol. The van der Waals surface area contributed by atoms with Crippen LogP contribution in [-0.4, -0.2) is 52.7 Å². The highest BCUT2D eigenvalue weighted by Gasteiger charge is 2.23. The first kappa shape index (κ1) is 18.7. The molecule has 2 fully saturated rings. The van der Waals surface area contributed by atoms with Crippen molar-refractivity contribution in [1.82, 2.24) is 19.2 Å². The summed E-state index contributed by atoms with van der Waals surface area (Å²) in [6, 6.07) is 8.58. The highest BCUT2D eigenvalue weighted by atomic mass is 32.1. The summed E-state index contributed by atoms with van der Waals surface area (Å²) in [5.41, 5.74) is 1.09. The van der Waals surface area contributed by atoms with Crippen LogP contribution in [0.4, 0.5) is 0 Å². The third-order valence-electron chi connectivity index (χ3n) is 5.60. The number of methoxy groups -OCH3 is 1.